The van der Waals surface area contributed by atoms with Crippen molar-refractivity contribution in [2.24, 2.45) is 0 Å². The van der Waals surface area contributed by atoms with Crippen LogP contribution in [0.3, 0.4) is 0 Å². The smallest absolute Gasteiger partial charge is 0.232 e. The molecule has 1 fully saturated rings. The second kappa shape index (κ2) is 4.29. The summed E-state index contributed by atoms with van der Waals surface area (Å²) in [6, 6.07) is 9.94. The first-order valence-corrected chi connectivity index (χ1v) is 6.12. The number of hydrogen-bond acceptors (Lipinski definition) is 2. The molecule has 0 radical (unpaired) electrons. The number of hydrogen-bond donors (Lipinski definition) is 2. The van der Waals surface area contributed by atoms with Crippen molar-refractivity contribution >= 4 is 5.91 Å². The third kappa shape index (κ3) is 1.90. The second-order valence-electron chi connectivity index (χ2n) is 4.72. The molecule has 2 N–H and O–H groups in total. The van der Waals surface area contributed by atoms with Gasteiger partial charge in [-0.15, -0.1) is 0 Å². The molecule has 1 amide bonds. The molecule has 4 nitrogen and oxygen atoms in total. The number of benzene rings is 1. The Morgan fingerprint density at radius 3 is 2.72 bits per heavy atom. The highest BCUT2D eigenvalue weighted by atomic mass is 16.2. The van der Waals surface area contributed by atoms with Crippen molar-refractivity contribution in [2.45, 2.75) is 24.8 Å². The summed E-state index contributed by atoms with van der Waals surface area (Å²) in [5.41, 5.74) is 1.69. The molecule has 1 saturated carbocycles. The van der Waals surface area contributed by atoms with Gasteiger partial charge >= 0.3 is 0 Å². The Kier molecular flexibility index (Phi) is 2.63. The number of nitrogens with one attached hydrogen (secondary N) is 2. The van der Waals surface area contributed by atoms with Crippen LogP contribution in [0.5, 0.6) is 0 Å². The van der Waals surface area contributed by atoms with E-state index in [1.807, 2.05) is 30.3 Å². The molecule has 1 aliphatic carbocycles. The summed E-state index contributed by atoms with van der Waals surface area (Å²) in [5, 5.41) is 3.00. The van der Waals surface area contributed by atoms with Gasteiger partial charge in [-0.05, 0) is 18.4 Å². The fourth-order valence-corrected chi connectivity index (χ4v) is 2.21. The van der Waals surface area contributed by atoms with Crippen molar-refractivity contribution in [2.75, 3.05) is 0 Å². The fraction of sp³-hybridized carbons (Fsp3) is 0.286. The van der Waals surface area contributed by atoms with Crippen molar-refractivity contribution in [3.63, 3.8) is 0 Å². The minimum absolute atomic E-state index is 0.0932. The molecule has 0 saturated heterocycles. The average Bonchev–Trinajstić information content (AvgIpc) is 3.05. The van der Waals surface area contributed by atoms with Gasteiger partial charge in [0.15, 0.2) is 0 Å². The molecule has 1 aromatic heterocycles. The summed E-state index contributed by atoms with van der Waals surface area (Å²) in [5.74, 6) is 0.0932. The molecule has 0 unspecified atom stereocenters. The van der Waals surface area contributed by atoms with Crippen LogP contribution in [0.1, 0.15) is 24.1 Å². The van der Waals surface area contributed by atoms with Crippen LogP contribution in [0.2, 0.25) is 0 Å². The van der Waals surface area contributed by atoms with E-state index in [0.717, 1.165) is 24.1 Å². The van der Waals surface area contributed by atoms with Gasteiger partial charge in [0.05, 0.1) is 17.4 Å². The Labute approximate surface area is 105 Å². The van der Waals surface area contributed by atoms with Crippen LogP contribution in [0.4, 0.5) is 0 Å². The number of nitrogens with zero attached hydrogens (tertiary/aromatic N) is 1. The molecule has 18 heavy (non-hydrogen) atoms. The Bertz CT molecular complexity index is 529. The zero-order valence-corrected chi connectivity index (χ0v) is 10.0. The monoisotopic (exact) mass is 241 g/mol. The average molecular weight is 241 g/mol. The van der Waals surface area contributed by atoms with Crippen LogP contribution in [0, 0.1) is 0 Å². The zero-order valence-electron chi connectivity index (χ0n) is 10.0. The van der Waals surface area contributed by atoms with E-state index in [1.165, 1.54) is 0 Å². The maximum Gasteiger partial charge on any atom is 0.232 e. The van der Waals surface area contributed by atoms with Crippen molar-refractivity contribution in [3.8, 4) is 0 Å². The quantitative estimate of drug-likeness (QED) is 0.857. The Hall–Kier alpha value is -2.10. The molecule has 0 atom stereocenters. The number of carbonyl (C=O) groups excluding carboxylic acids is 1. The number of H-pyrrole nitrogens is 1. The van der Waals surface area contributed by atoms with Crippen LogP contribution in [0.15, 0.2) is 42.9 Å². The third-order valence-corrected chi connectivity index (χ3v) is 3.49. The first kappa shape index (κ1) is 11.0. The zero-order chi connectivity index (χ0) is 12.4. The molecule has 92 valence electrons. The molecule has 0 aliphatic heterocycles. The standard InChI is InChI=1S/C14H15N3O/c18-13(16-8-11-4-2-1-3-5-11)14(6-7-14)12-9-15-10-17-12/h1-5,9-10H,6-8H2,(H,15,17)(H,16,18). The molecule has 0 spiro atoms. The van der Waals surface area contributed by atoms with Gasteiger partial charge in [0, 0.05) is 12.7 Å². The van der Waals surface area contributed by atoms with Crippen LogP contribution >= 0.6 is 0 Å². The third-order valence-electron chi connectivity index (χ3n) is 3.49. The van der Waals surface area contributed by atoms with E-state index in [-0.39, 0.29) is 11.3 Å². The molecular weight excluding hydrogens is 226 g/mol. The molecule has 0 bridgehead atoms. The number of imidazole rings is 1. The number of rotatable bonds is 4. The normalized spacial score (nSPS) is 16.2. The predicted molar refractivity (Wildman–Crippen MR) is 67.8 cm³/mol. The lowest BCUT2D eigenvalue weighted by Crippen LogP contribution is -2.34. The van der Waals surface area contributed by atoms with Crippen molar-refractivity contribution in [3.05, 3.63) is 54.1 Å². The van der Waals surface area contributed by atoms with Gasteiger partial charge in [-0.3, -0.25) is 4.79 Å². The van der Waals surface area contributed by atoms with Gasteiger partial charge in [0.2, 0.25) is 5.91 Å². The van der Waals surface area contributed by atoms with Crippen molar-refractivity contribution in [1.29, 1.82) is 0 Å². The van der Waals surface area contributed by atoms with Crippen LogP contribution in [-0.2, 0) is 16.8 Å². The van der Waals surface area contributed by atoms with Gasteiger partial charge in [-0.2, -0.15) is 0 Å². The van der Waals surface area contributed by atoms with E-state index in [9.17, 15) is 4.79 Å². The minimum atomic E-state index is -0.356. The molecule has 1 aromatic carbocycles. The fourth-order valence-electron chi connectivity index (χ4n) is 2.21. The van der Waals surface area contributed by atoms with Gasteiger partial charge in [0.25, 0.3) is 0 Å². The Morgan fingerprint density at radius 1 is 1.33 bits per heavy atom. The maximum absolute atomic E-state index is 12.2. The second-order valence-corrected chi connectivity index (χ2v) is 4.72. The van der Waals surface area contributed by atoms with E-state index in [1.54, 1.807) is 12.5 Å². The van der Waals surface area contributed by atoms with Gasteiger partial charge in [-0.25, -0.2) is 4.98 Å². The number of aromatic amines is 1. The number of carbonyl (C=O) groups is 1. The van der Waals surface area contributed by atoms with Crippen molar-refractivity contribution < 1.29 is 4.79 Å². The molecular formula is C14H15N3O. The molecule has 2 aromatic rings. The van der Waals surface area contributed by atoms with E-state index < -0.39 is 0 Å². The minimum Gasteiger partial charge on any atom is -0.351 e. The van der Waals surface area contributed by atoms with Crippen LogP contribution < -0.4 is 5.32 Å². The van der Waals surface area contributed by atoms with Crippen LogP contribution in [0.25, 0.3) is 0 Å². The first-order chi connectivity index (χ1) is 8.81. The number of amides is 1. The van der Waals surface area contributed by atoms with Gasteiger partial charge in [0.1, 0.15) is 0 Å². The molecule has 3 rings (SSSR count). The summed E-state index contributed by atoms with van der Waals surface area (Å²) in [6.45, 7) is 0.579. The van der Waals surface area contributed by atoms with Crippen LogP contribution in [-0.4, -0.2) is 15.9 Å². The van der Waals surface area contributed by atoms with Gasteiger partial charge < -0.3 is 10.3 Å². The largest absolute Gasteiger partial charge is 0.351 e. The first-order valence-electron chi connectivity index (χ1n) is 6.12. The SMILES string of the molecule is O=C(NCc1ccccc1)C1(c2cnc[nH]2)CC1. The Balaban J connectivity index is 1.66. The molecule has 1 aliphatic rings. The summed E-state index contributed by atoms with van der Waals surface area (Å²) >= 11 is 0. The molecule has 4 heteroatoms. The Morgan fingerprint density at radius 2 is 2.11 bits per heavy atom. The summed E-state index contributed by atoms with van der Waals surface area (Å²) < 4.78 is 0. The predicted octanol–water partition coefficient (Wildman–Crippen LogP) is 1.76. The highest BCUT2D eigenvalue weighted by molar-refractivity contribution is 5.90. The topological polar surface area (TPSA) is 57.8 Å². The van der Waals surface area contributed by atoms with Crippen molar-refractivity contribution in [1.82, 2.24) is 15.3 Å². The summed E-state index contributed by atoms with van der Waals surface area (Å²) in [4.78, 5) is 19.3. The lowest BCUT2D eigenvalue weighted by molar-refractivity contribution is -0.123. The molecule has 1 heterocycles. The van der Waals surface area contributed by atoms with E-state index >= 15 is 0 Å². The van der Waals surface area contributed by atoms with E-state index in [2.05, 4.69) is 15.3 Å². The van der Waals surface area contributed by atoms with Gasteiger partial charge in [-0.1, -0.05) is 30.3 Å². The number of aromatic nitrogens is 2. The summed E-state index contributed by atoms with van der Waals surface area (Å²) in [6.07, 6.45) is 5.17. The van der Waals surface area contributed by atoms with E-state index in [0.29, 0.717) is 6.54 Å². The van der Waals surface area contributed by atoms with E-state index in [4.69, 9.17) is 0 Å². The highest BCUT2D eigenvalue weighted by Crippen LogP contribution is 2.47. The lowest BCUT2D eigenvalue weighted by Gasteiger charge is -2.13. The summed E-state index contributed by atoms with van der Waals surface area (Å²) in [7, 11) is 0. The maximum atomic E-state index is 12.2. The highest BCUT2D eigenvalue weighted by Gasteiger charge is 2.52. The lowest BCUT2D eigenvalue weighted by atomic mass is 10.0.